The third-order valence-electron chi connectivity index (χ3n) is 9.83. The third-order valence-corrected chi connectivity index (χ3v) is 11.3. The van der Waals surface area contributed by atoms with Gasteiger partial charge in [0.25, 0.3) is 0 Å². The number of alkyl halides is 1. The van der Waals surface area contributed by atoms with E-state index in [9.17, 15) is 35.1 Å². The van der Waals surface area contributed by atoms with Crippen LogP contribution in [-0.2, 0) is 6.42 Å². The van der Waals surface area contributed by atoms with Gasteiger partial charge in [0, 0.05) is 20.9 Å². The zero-order valence-corrected chi connectivity index (χ0v) is 38.5. The molecule has 0 atom stereocenters. The molecule has 0 saturated heterocycles. The summed E-state index contributed by atoms with van der Waals surface area (Å²) >= 11 is 6.69. The Balaban J connectivity index is 0.000000213. The van der Waals surface area contributed by atoms with Gasteiger partial charge in [-0.2, -0.15) is 5.92 Å². The maximum absolute atomic E-state index is 14.5. The van der Waals surface area contributed by atoms with Gasteiger partial charge in [-0.1, -0.05) is 105 Å². The molecular formula is C48H39Br3F8Mg. The molecule has 60 heavy (non-hydrogen) atoms. The fourth-order valence-corrected chi connectivity index (χ4v) is 6.71. The van der Waals surface area contributed by atoms with Gasteiger partial charge in [-0.15, -0.1) is 0 Å². The molecule has 6 aromatic rings. The number of hydrogen-bond donors (Lipinski definition) is 0. The fourth-order valence-electron chi connectivity index (χ4n) is 5.80. The molecule has 0 heterocycles. The molecule has 0 amide bonds. The van der Waals surface area contributed by atoms with Crippen molar-refractivity contribution >= 4 is 54.9 Å². The predicted molar refractivity (Wildman–Crippen MR) is 229 cm³/mol. The Morgan fingerprint density at radius 3 is 1.08 bits per heavy atom. The predicted octanol–water partition coefficient (Wildman–Crippen LogP) is 12.5. The summed E-state index contributed by atoms with van der Waals surface area (Å²) in [5, 5.41) is 1.23. The van der Waals surface area contributed by atoms with Crippen LogP contribution in [0.1, 0.15) is 44.1 Å². The smallest absolute Gasteiger partial charge is 1.00 e. The molecule has 0 unspecified atom stereocenters. The molecule has 0 bridgehead atoms. The topological polar surface area (TPSA) is 0 Å². The second-order valence-electron chi connectivity index (χ2n) is 14.8. The van der Waals surface area contributed by atoms with E-state index in [4.69, 9.17) is 0 Å². The van der Waals surface area contributed by atoms with Crippen molar-refractivity contribution in [2.45, 2.75) is 44.9 Å². The summed E-state index contributed by atoms with van der Waals surface area (Å²) in [7, 11) is 0. The Morgan fingerprint density at radius 1 is 0.450 bits per heavy atom. The average Bonchev–Trinajstić information content (AvgIpc) is 4.06. The van der Waals surface area contributed by atoms with Gasteiger partial charge in [0.1, 0.15) is 11.6 Å². The fraction of sp³-hybridized carbons (Fsp3) is 0.229. The molecule has 3 saturated carbocycles. The minimum atomic E-state index is -1.57. The molecule has 9 rings (SSSR count). The van der Waals surface area contributed by atoms with Crippen LogP contribution < -0.4 is 17.0 Å². The quantitative estimate of drug-likeness (QED) is 0.0491. The van der Waals surface area contributed by atoms with Crippen LogP contribution in [0.25, 0.3) is 44.5 Å². The molecule has 0 N–H and O–H groups in total. The first-order valence-electron chi connectivity index (χ1n) is 18.9. The third kappa shape index (κ3) is 14.3. The molecule has 0 aromatic heterocycles. The largest absolute Gasteiger partial charge is 2.00 e. The van der Waals surface area contributed by atoms with Crippen molar-refractivity contribution < 1.29 is 52.1 Å². The number of hydrogen-bond acceptors (Lipinski definition) is 0. The van der Waals surface area contributed by atoms with E-state index in [2.05, 4.69) is 38.8 Å². The maximum atomic E-state index is 14.5. The van der Waals surface area contributed by atoms with Gasteiger partial charge in [-0.05, 0) is 131 Å². The minimum absolute atomic E-state index is 0. The van der Waals surface area contributed by atoms with E-state index in [-0.39, 0.29) is 62.3 Å². The molecule has 6 aromatic carbocycles. The molecule has 0 aliphatic heterocycles. The van der Waals surface area contributed by atoms with Crippen LogP contribution in [-0.4, -0.2) is 28.4 Å². The zero-order chi connectivity index (χ0) is 41.5. The minimum Gasteiger partial charge on any atom is -1.00 e. The normalized spacial score (nSPS) is 13.8. The van der Waals surface area contributed by atoms with Crippen molar-refractivity contribution in [3.05, 3.63) is 173 Å². The number of halogens is 11. The Bertz CT molecular complexity index is 2300. The second-order valence-corrected chi connectivity index (χ2v) is 16.4. The Labute approximate surface area is 389 Å². The molecule has 0 radical (unpaired) electrons. The molecule has 0 nitrogen and oxygen atoms in total. The summed E-state index contributed by atoms with van der Waals surface area (Å²) in [6.45, 7) is 3.75. The summed E-state index contributed by atoms with van der Waals surface area (Å²) in [5.74, 6) is -7.08. The van der Waals surface area contributed by atoms with Crippen molar-refractivity contribution in [1.29, 1.82) is 0 Å². The van der Waals surface area contributed by atoms with Crippen LogP contribution in [0, 0.1) is 71.2 Å². The van der Waals surface area contributed by atoms with Crippen LogP contribution in [0.5, 0.6) is 0 Å². The Kier molecular flexibility index (Phi) is 18.9. The maximum Gasteiger partial charge on any atom is 2.00 e. The van der Waals surface area contributed by atoms with Gasteiger partial charge in [-0.25, -0.2) is 35.1 Å². The van der Waals surface area contributed by atoms with E-state index >= 15 is 0 Å². The van der Waals surface area contributed by atoms with E-state index < -0.39 is 46.5 Å². The van der Waals surface area contributed by atoms with Gasteiger partial charge in [0.05, 0.1) is 0 Å². The van der Waals surface area contributed by atoms with Crippen LogP contribution >= 0.6 is 31.9 Å². The van der Waals surface area contributed by atoms with Crippen LogP contribution in [0.4, 0.5) is 35.1 Å². The molecule has 310 valence electrons. The van der Waals surface area contributed by atoms with Crippen LogP contribution in [0.2, 0.25) is 0 Å². The van der Waals surface area contributed by atoms with Crippen molar-refractivity contribution in [2.24, 2.45) is 17.8 Å². The summed E-state index contributed by atoms with van der Waals surface area (Å²) < 4.78 is 109. The summed E-state index contributed by atoms with van der Waals surface area (Å²) in [5.41, 5.74) is 4.17. The van der Waals surface area contributed by atoms with Crippen LogP contribution in [0.15, 0.2) is 114 Å². The molecule has 12 heteroatoms. The van der Waals surface area contributed by atoms with E-state index in [0.29, 0.717) is 11.1 Å². The van der Waals surface area contributed by atoms with E-state index in [1.807, 2.05) is 48.5 Å². The first-order chi connectivity index (χ1) is 27.8. The van der Waals surface area contributed by atoms with Gasteiger partial charge < -0.3 is 23.9 Å². The monoisotopic (exact) mass is 1030 g/mol. The summed E-state index contributed by atoms with van der Waals surface area (Å²) in [6, 6.07) is 27.2. The standard InChI is InChI=1S/C22H16F4.C18H9BrF4.C4H7Br.C4H7.BrH.Mg/c23-19-10-16(15-5-3-14(4-6-15)9-13-1-2-13)7-8-18(19)17-11-20(24)22(26)21(25)12-17;19-13-4-1-10(2-5-13)11-3-6-14(15(20)7-11)12-8-16(21)18(23)17(22)9-12;5-3-4-1-2-4;1-4-2-3-4;;/h3-8,10-13H,1-2,9H2;1-9H;4H,1-3H2;4H,1-3H2;1H;/q;;;-1;;+2/p-1. The molecule has 3 aliphatic carbocycles. The summed E-state index contributed by atoms with van der Waals surface area (Å²) in [6.07, 6.45) is 9.34. The van der Waals surface area contributed by atoms with Gasteiger partial charge in [-0.3, -0.25) is 0 Å². The van der Waals surface area contributed by atoms with E-state index in [1.165, 1.54) is 73.7 Å². The first kappa shape index (κ1) is 49.6. The molecule has 3 fully saturated rings. The van der Waals surface area contributed by atoms with Gasteiger partial charge in [0.2, 0.25) is 0 Å². The number of benzene rings is 6. The van der Waals surface area contributed by atoms with Gasteiger partial charge in [0.15, 0.2) is 34.9 Å². The van der Waals surface area contributed by atoms with Crippen molar-refractivity contribution in [1.82, 2.24) is 0 Å². The summed E-state index contributed by atoms with van der Waals surface area (Å²) in [4.78, 5) is 0. The Hall–Kier alpha value is -3.03. The molecular weight excluding hydrogens is 993 g/mol. The van der Waals surface area contributed by atoms with Crippen LogP contribution in [0.3, 0.4) is 0 Å². The van der Waals surface area contributed by atoms with E-state index in [1.54, 1.807) is 12.1 Å². The first-order valence-corrected chi connectivity index (χ1v) is 20.8. The zero-order valence-electron chi connectivity index (χ0n) is 32.4. The van der Waals surface area contributed by atoms with Gasteiger partial charge >= 0.3 is 23.1 Å². The SMILES string of the molecule is BrCC1CC1.Fc1cc(-c2ccc(Br)cc2)ccc1-c1cc(F)c(F)c(F)c1.Fc1cc(-c2ccc(CC3CC3)cc2)ccc1-c1cc(F)c(F)c(F)c1.[Br-].[CH2-]C1CC1.[Mg+2]. The molecule has 0 spiro atoms. The van der Waals surface area contributed by atoms with E-state index in [0.717, 1.165) is 64.0 Å². The second kappa shape index (κ2) is 22.9. The molecule has 3 aliphatic rings. The van der Waals surface area contributed by atoms with Crippen molar-refractivity contribution in [2.75, 3.05) is 5.33 Å². The van der Waals surface area contributed by atoms with Crippen molar-refractivity contribution in [3.8, 4) is 44.5 Å². The number of rotatable bonds is 7. The van der Waals surface area contributed by atoms with Crippen molar-refractivity contribution in [3.63, 3.8) is 0 Å². The Morgan fingerprint density at radius 2 is 0.783 bits per heavy atom. The average molecular weight is 1030 g/mol.